The first-order valence-electron chi connectivity index (χ1n) is 7.97. The quantitative estimate of drug-likeness (QED) is 0.541. The molecular formula is C16H30N6O. The van der Waals surface area contributed by atoms with Crippen LogP contribution in [0.4, 0.5) is 0 Å². The molecule has 0 atom stereocenters. The fourth-order valence-electron chi connectivity index (χ4n) is 2.08. The third-order valence-electron chi connectivity index (χ3n) is 2.93. The molecule has 0 aliphatic rings. The summed E-state index contributed by atoms with van der Waals surface area (Å²) in [6, 6.07) is 0. The Balaban J connectivity index is 2.46. The van der Waals surface area contributed by atoms with E-state index in [0.29, 0.717) is 18.4 Å². The maximum Gasteiger partial charge on any atom is 0.239 e. The number of rotatable bonds is 6. The molecule has 0 saturated heterocycles. The zero-order chi connectivity index (χ0) is 17.5. The number of aliphatic imine (C=N–C) groups is 1. The van der Waals surface area contributed by atoms with E-state index >= 15 is 0 Å². The molecule has 0 radical (unpaired) electrons. The monoisotopic (exact) mass is 322 g/mol. The summed E-state index contributed by atoms with van der Waals surface area (Å²) >= 11 is 0. The minimum Gasteiger partial charge on any atom is -0.350 e. The molecule has 7 nitrogen and oxygen atoms in total. The topological polar surface area (TPSA) is 83.3 Å². The summed E-state index contributed by atoms with van der Waals surface area (Å²) in [5, 5.41) is 9.08. The van der Waals surface area contributed by atoms with Gasteiger partial charge < -0.3 is 20.5 Å². The molecule has 3 N–H and O–H groups in total. The van der Waals surface area contributed by atoms with Gasteiger partial charge in [-0.05, 0) is 26.7 Å². The second-order valence-corrected chi connectivity index (χ2v) is 6.97. The summed E-state index contributed by atoms with van der Waals surface area (Å²) in [5.41, 5.74) is -0.239. The van der Waals surface area contributed by atoms with Crippen molar-refractivity contribution >= 4 is 11.9 Å². The molecule has 1 rings (SSSR count). The number of guanidine groups is 1. The third-order valence-corrected chi connectivity index (χ3v) is 2.93. The Bertz CT molecular complexity index is 527. The van der Waals surface area contributed by atoms with E-state index in [1.807, 2.05) is 27.0 Å². The molecule has 1 aromatic heterocycles. The molecule has 130 valence electrons. The number of hydrogen-bond donors (Lipinski definition) is 3. The Labute approximate surface area is 139 Å². The number of nitrogens with one attached hydrogen (secondary N) is 3. The molecule has 1 heterocycles. The number of hydrogen-bond acceptors (Lipinski definition) is 3. The standard InChI is InChI=1S/C16H30N6O/c1-12(2)11-22-8-7-18-13(22)9-19-15(17-6)20-10-14(23)21-16(3,4)5/h7-8,12H,9-11H2,1-6H3,(H,21,23)(H2,17,19,20). The Hall–Kier alpha value is -2.05. The van der Waals surface area contributed by atoms with Gasteiger partial charge in [0.2, 0.25) is 5.91 Å². The Morgan fingerprint density at radius 3 is 2.61 bits per heavy atom. The maximum atomic E-state index is 11.8. The molecule has 0 aliphatic heterocycles. The molecule has 0 aromatic carbocycles. The van der Waals surface area contributed by atoms with Gasteiger partial charge in [-0.15, -0.1) is 0 Å². The van der Waals surface area contributed by atoms with E-state index in [1.54, 1.807) is 13.2 Å². The Morgan fingerprint density at radius 2 is 2.04 bits per heavy atom. The van der Waals surface area contributed by atoms with Crippen molar-refractivity contribution in [3.05, 3.63) is 18.2 Å². The molecule has 0 saturated carbocycles. The van der Waals surface area contributed by atoms with Gasteiger partial charge in [-0.1, -0.05) is 13.8 Å². The molecule has 0 unspecified atom stereocenters. The van der Waals surface area contributed by atoms with Crippen molar-refractivity contribution in [1.82, 2.24) is 25.5 Å². The lowest BCUT2D eigenvalue weighted by molar-refractivity contribution is -0.121. The molecule has 7 heteroatoms. The van der Waals surface area contributed by atoms with Crippen LogP contribution in [-0.2, 0) is 17.9 Å². The number of aromatic nitrogens is 2. The van der Waals surface area contributed by atoms with Gasteiger partial charge in [0.1, 0.15) is 5.82 Å². The highest BCUT2D eigenvalue weighted by atomic mass is 16.2. The van der Waals surface area contributed by atoms with Crippen LogP contribution in [0.25, 0.3) is 0 Å². The van der Waals surface area contributed by atoms with Gasteiger partial charge in [-0.25, -0.2) is 4.98 Å². The minimum atomic E-state index is -0.239. The average Bonchev–Trinajstić information content (AvgIpc) is 2.83. The molecule has 0 bridgehead atoms. The highest BCUT2D eigenvalue weighted by Crippen LogP contribution is 2.03. The lowest BCUT2D eigenvalue weighted by Gasteiger charge is -2.21. The van der Waals surface area contributed by atoms with Gasteiger partial charge >= 0.3 is 0 Å². The fourth-order valence-corrected chi connectivity index (χ4v) is 2.08. The van der Waals surface area contributed by atoms with Crippen molar-refractivity contribution in [2.75, 3.05) is 13.6 Å². The minimum absolute atomic E-state index is 0.0678. The SMILES string of the molecule is CN=C(NCC(=O)NC(C)(C)C)NCc1nccn1CC(C)C. The molecule has 1 amide bonds. The fraction of sp³-hybridized carbons (Fsp3) is 0.688. The van der Waals surface area contributed by atoms with E-state index in [0.717, 1.165) is 12.4 Å². The van der Waals surface area contributed by atoms with Crippen molar-refractivity contribution in [3.63, 3.8) is 0 Å². The largest absolute Gasteiger partial charge is 0.350 e. The van der Waals surface area contributed by atoms with E-state index in [-0.39, 0.29) is 18.0 Å². The first-order valence-corrected chi connectivity index (χ1v) is 7.97. The summed E-state index contributed by atoms with van der Waals surface area (Å²) in [6.45, 7) is 11.9. The number of nitrogens with zero attached hydrogens (tertiary/aromatic N) is 3. The third kappa shape index (κ3) is 7.67. The van der Waals surface area contributed by atoms with E-state index < -0.39 is 0 Å². The number of imidazole rings is 1. The van der Waals surface area contributed by atoms with Crippen molar-refractivity contribution in [1.29, 1.82) is 0 Å². The zero-order valence-corrected chi connectivity index (χ0v) is 15.1. The molecule has 0 fully saturated rings. The molecule has 0 spiro atoms. The summed E-state index contributed by atoms with van der Waals surface area (Å²) in [4.78, 5) is 20.3. The average molecular weight is 322 g/mol. The maximum absolute atomic E-state index is 11.8. The van der Waals surface area contributed by atoms with Crippen molar-refractivity contribution in [2.45, 2.75) is 53.2 Å². The van der Waals surface area contributed by atoms with Gasteiger partial charge in [-0.2, -0.15) is 0 Å². The molecule has 1 aromatic rings. The Kier molecular flexibility index (Phi) is 7.06. The van der Waals surface area contributed by atoms with Crippen LogP contribution in [0.2, 0.25) is 0 Å². The molecule has 0 aliphatic carbocycles. The second-order valence-electron chi connectivity index (χ2n) is 6.97. The highest BCUT2D eigenvalue weighted by molar-refractivity contribution is 5.86. The first-order chi connectivity index (χ1) is 10.7. The van der Waals surface area contributed by atoms with Gasteiger partial charge in [0.05, 0.1) is 13.1 Å². The van der Waals surface area contributed by atoms with Crippen molar-refractivity contribution in [3.8, 4) is 0 Å². The van der Waals surface area contributed by atoms with Crippen LogP contribution in [-0.4, -0.2) is 40.5 Å². The van der Waals surface area contributed by atoms with Gasteiger partial charge in [-0.3, -0.25) is 9.79 Å². The predicted molar refractivity (Wildman–Crippen MR) is 93.2 cm³/mol. The predicted octanol–water partition coefficient (Wildman–Crippen LogP) is 1.12. The van der Waals surface area contributed by atoms with Gasteiger partial charge in [0, 0.05) is 31.5 Å². The van der Waals surface area contributed by atoms with E-state index in [1.165, 1.54) is 0 Å². The summed E-state index contributed by atoms with van der Waals surface area (Å²) in [7, 11) is 1.68. The van der Waals surface area contributed by atoms with E-state index in [9.17, 15) is 4.79 Å². The van der Waals surface area contributed by atoms with Gasteiger partial charge in [0.15, 0.2) is 5.96 Å². The van der Waals surface area contributed by atoms with Crippen LogP contribution < -0.4 is 16.0 Å². The van der Waals surface area contributed by atoms with Crippen LogP contribution in [0.1, 0.15) is 40.4 Å². The van der Waals surface area contributed by atoms with Crippen LogP contribution in [0, 0.1) is 5.92 Å². The summed E-state index contributed by atoms with van der Waals surface area (Å²) < 4.78 is 2.12. The van der Waals surface area contributed by atoms with Crippen LogP contribution in [0.3, 0.4) is 0 Å². The lowest BCUT2D eigenvalue weighted by Crippen LogP contribution is -2.48. The highest BCUT2D eigenvalue weighted by Gasteiger charge is 2.13. The van der Waals surface area contributed by atoms with Crippen LogP contribution >= 0.6 is 0 Å². The van der Waals surface area contributed by atoms with Crippen molar-refractivity contribution in [2.24, 2.45) is 10.9 Å². The summed E-state index contributed by atoms with van der Waals surface area (Å²) in [6.07, 6.45) is 3.77. The van der Waals surface area contributed by atoms with E-state index in [4.69, 9.17) is 0 Å². The second kappa shape index (κ2) is 8.55. The number of carbonyl (C=O) groups is 1. The number of carbonyl (C=O) groups excluding carboxylic acids is 1. The van der Waals surface area contributed by atoms with Crippen molar-refractivity contribution < 1.29 is 4.79 Å². The Morgan fingerprint density at radius 1 is 1.35 bits per heavy atom. The molecule has 23 heavy (non-hydrogen) atoms. The molecular weight excluding hydrogens is 292 g/mol. The van der Waals surface area contributed by atoms with Crippen LogP contribution in [0.15, 0.2) is 17.4 Å². The van der Waals surface area contributed by atoms with Gasteiger partial charge in [0.25, 0.3) is 0 Å². The lowest BCUT2D eigenvalue weighted by atomic mass is 10.1. The normalized spacial score (nSPS) is 12.4. The smallest absolute Gasteiger partial charge is 0.239 e. The summed E-state index contributed by atoms with van der Waals surface area (Å²) in [5.74, 6) is 2.01. The first kappa shape index (κ1) is 19.0. The van der Waals surface area contributed by atoms with E-state index in [2.05, 4.69) is 44.3 Å². The zero-order valence-electron chi connectivity index (χ0n) is 15.1. The van der Waals surface area contributed by atoms with Crippen LogP contribution in [0.5, 0.6) is 0 Å². The number of amides is 1.